The summed E-state index contributed by atoms with van der Waals surface area (Å²) in [7, 11) is 0. The highest BCUT2D eigenvalue weighted by molar-refractivity contribution is 5.67. The van der Waals surface area contributed by atoms with Gasteiger partial charge in [0.25, 0.3) is 5.56 Å². The number of aromatic amines is 1. The zero-order chi connectivity index (χ0) is 20.5. The number of rotatable bonds is 5. The number of aliphatic hydroxyl groups excluding tert-OH is 1. The van der Waals surface area contributed by atoms with Crippen LogP contribution in [0.25, 0.3) is 16.9 Å². The fraction of sp³-hybridized carbons (Fsp3) is 0.238. The molecule has 0 aliphatic carbocycles. The summed E-state index contributed by atoms with van der Waals surface area (Å²) in [6.45, 7) is 3.75. The third kappa shape index (κ3) is 3.11. The number of aromatic nitrogens is 5. The standard InChI is InChI=1S/C21H20N6O2/c1-13(2)18-19(25-20-15(8-22)9-24-27(20)21(18)29)16-10-23-26(11-16)17(12-28)14-6-4-3-5-7-14/h3-7,9-11,13,17,25,28H,12H2,1-2H3. The maximum absolute atomic E-state index is 13.0. The van der Waals surface area contributed by atoms with Gasteiger partial charge >= 0.3 is 0 Å². The van der Waals surface area contributed by atoms with E-state index in [2.05, 4.69) is 21.3 Å². The van der Waals surface area contributed by atoms with Crippen molar-refractivity contribution in [3.05, 3.63) is 76.0 Å². The third-order valence-corrected chi connectivity index (χ3v) is 4.97. The molecule has 3 heterocycles. The summed E-state index contributed by atoms with van der Waals surface area (Å²) < 4.78 is 2.90. The highest BCUT2D eigenvalue weighted by Crippen LogP contribution is 2.27. The number of H-pyrrole nitrogens is 1. The van der Waals surface area contributed by atoms with Gasteiger partial charge in [0.2, 0.25) is 0 Å². The van der Waals surface area contributed by atoms with E-state index in [0.29, 0.717) is 28.0 Å². The molecule has 2 N–H and O–H groups in total. The van der Waals surface area contributed by atoms with Gasteiger partial charge in [0.1, 0.15) is 11.6 Å². The van der Waals surface area contributed by atoms with E-state index in [0.717, 1.165) is 5.56 Å². The van der Waals surface area contributed by atoms with Crippen LogP contribution in [0.5, 0.6) is 0 Å². The van der Waals surface area contributed by atoms with Gasteiger partial charge in [-0.05, 0) is 11.5 Å². The lowest BCUT2D eigenvalue weighted by atomic mass is 10.00. The molecule has 4 rings (SSSR count). The monoisotopic (exact) mass is 388 g/mol. The number of aliphatic hydroxyl groups is 1. The summed E-state index contributed by atoms with van der Waals surface area (Å²) in [5, 5.41) is 27.7. The van der Waals surface area contributed by atoms with Crippen LogP contribution in [0, 0.1) is 11.3 Å². The fourth-order valence-corrected chi connectivity index (χ4v) is 3.53. The molecule has 0 saturated carbocycles. The molecule has 0 aliphatic heterocycles. The first-order chi connectivity index (χ1) is 14.0. The van der Waals surface area contributed by atoms with Crippen molar-refractivity contribution in [2.75, 3.05) is 6.61 Å². The van der Waals surface area contributed by atoms with Crippen molar-refractivity contribution in [3.63, 3.8) is 0 Å². The zero-order valence-corrected chi connectivity index (χ0v) is 16.1. The van der Waals surface area contributed by atoms with Gasteiger partial charge in [0.05, 0.1) is 30.7 Å². The molecule has 1 atom stereocenters. The normalized spacial score (nSPS) is 12.4. The molecule has 1 aromatic carbocycles. The maximum Gasteiger partial charge on any atom is 0.278 e. The molecular formula is C21H20N6O2. The zero-order valence-electron chi connectivity index (χ0n) is 16.1. The largest absolute Gasteiger partial charge is 0.394 e. The lowest BCUT2D eigenvalue weighted by Gasteiger charge is -2.15. The number of nitrogens with one attached hydrogen (secondary N) is 1. The molecule has 29 heavy (non-hydrogen) atoms. The fourth-order valence-electron chi connectivity index (χ4n) is 3.53. The summed E-state index contributed by atoms with van der Waals surface area (Å²) in [5.74, 6) is -0.0704. The van der Waals surface area contributed by atoms with Gasteiger partial charge in [-0.15, -0.1) is 0 Å². The molecule has 4 aromatic rings. The van der Waals surface area contributed by atoms with Crippen LogP contribution >= 0.6 is 0 Å². The van der Waals surface area contributed by atoms with E-state index < -0.39 is 0 Å². The molecule has 0 aliphatic rings. The van der Waals surface area contributed by atoms with Crippen LogP contribution in [0.1, 0.15) is 42.5 Å². The van der Waals surface area contributed by atoms with E-state index in [1.165, 1.54) is 10.7 Å². The van der Waals surface area contributed by atoms with Gasteiger partial charge < -0.3 is 10.1 Å². The molecule has 3 aromatic heterocycles. The van der Waals surface area contributed by atoms with Crippen molar-refractivity contribution in [1.82, 2.24) is 24.4 Å². The van der Waals surface area contributed by atoms with Crippen molar-refractivity contribution in [2.45, 2.75) is 25.8 Å². The van der Waals surface area contributed by atoms with Crippen LogP contribution in [-0.4, -0.2) is 36.1 Å². The average molecular weight is 388 g/mol. The Morgan fingerprint density at radius 1 is 1.21 bits per heavy atom. The van der Waals surface area contributed by atoms with Crippen molar-refractivity contribution in [3.8, 4) is 17.3 Å². The predicted molar refractivity (Wildman–Crippen MR) is 108 cm³/mol. The van der Waals surface area contributed by atoms with Crippen molar-refractivity contribution < 1.29 is 5.11 Å². The number of benzene rings is 1. The quantitative estimate of drug-likeness (QED) is 0.545. The summed E-state index contributed by atoms with van der Waals surface area (Å²) in [5.41, 5.74) is 3.18. The molecular weight excluding hydrogens is 368 g/mol. The molecule has 0 saturated heterocycles. The van der Waals surface area contributed by atoms with Crippen LogP contribution in [0.4, 0.5) is 0 Å². The first-order valence-electron chi connectivity index (χ1n) is 9.29. The second-order valence-corrected chi connectivity index (χ2v) is 7.12. The van der Waals surface area contributed by atoms with E-state index in [1.807, 2.05) is 44.2 Å². The Morgan fingerprint density at radius 3 is 2.62 bits per heavy atom. The van der Waals surface area contributed by atoms with E-state index in [-0.39, 0.29) is 24.1 Å². The first kappa shape index (κ1) is 18.7. The Morgan fingerprint density at radius 2 is 1.97 bits per heavy atom. The Bertz CT molecular complexity index is 1260. The Hall–Kier alpha value is -3.70. The molecule has 0 bridgehead atoms. The lowest BCUT2D eigenvalue weighted by Crippen LogP contribution is -2.22. The van der Waals surface area contributed by atoms with Gasteiger partial charge in [0, 0.05) is 17.3 Å². The van der Waals surface area contributed by atoms with Crippen molar-refractivity contribution in [1.29, 1.82) is 5.26 Å². The lowest BCUT2D eigenvalue weighted by molar-refractivity contribution is 0.241. The van der Waals surface area contributed by atoms with Crippen LogP contribution in [0.3, 0.4) is 0 Å². The number of fused-ring (bicyclic) bond motifs is 1. The molecule has 0 spiro atoms. The predicted octanol–water partition coefficient (Wildman–Crippen LogP) is 2.46. The summed E-state index contributed by atoms with van der Waals surface area (Å²) in [4.78, 5) is 16.2. The molecule has 0 amide bonds. The van der Waals surface area contributed by atoms with Gasteiger partial charge in [-0.1, -0.05) is 44.2 Å². The summed E-state index contributed by atoms with van der Waals surface area (Å²) >= 11 is 0. The Kier molecular flexibility index (Phi) is 4.74. The Labute approximate surface area is 166 Å². The van der Waals surface area contributed by atoms with Crippen molar-refractivity contribution >= 4 is 5.65 Å². The van der Waals surface area contributed by atoms with Crippen molar-refractivity contribution in [2.24, 2.45) is 0 Å². The number of hydrogen-bond acceptors (Lipinski definition) is 5. The van der Waals surface area contributed by atoms with Gasteiger partial charge in [-0.3, -0.25) is 9.48 Å². The molecule has 1 unspecified atom stereocenters. The minimum atomic E-state index is -0.340. The molecule has 146 valence electrons. The summed E-state index contributed by atoms with van der Waals surface area (Å²) in [6, 6.07) is 11.3. The first-order valence-corrected chi connectivity index (χ1v) is 9.29. The SMILES string of the molecule is CC(C)c1c(-c2cnn(C(CO)c3ccccc3)c2)[nH]c2c(C#N)cnn2c1=O. The summed E-state index contributed by atoms with van der Waals surface area (Å²) in [6.07, 6.45) is 4.83. The minimum absolute atomic E-state index is 0.0704. The molecule has 0 fully saturated rings. The number of hydrogen-bond donors (Lipinski definition) is 2. The van der Waals surface area contributed by atoms with E-state index in [9.17, 15) is 15.2 Å². The second kappa shape index (κ2) is 7.37. The van der Waals surface area contributed by atoms with Crippen LogP contribution in [-0.2, 0) is 0 Å². The van der Waals surface area contributed by atoms with Crippen LogP contribution in [0.2, 0.25) is 0 Å². The number of nitrogens with zero attached hydrogens (tertiary/aromatic N) is 5. The highest BCUT2D eigenvalue weighted by Gasteiger charge is 2.21. The Balaban J connectivity index is 1.88. The molecule has 0 radical (unpaired) electrons. The second-order valence-electron chi connectivity index (χ2n) is 7.12. The molecule has 8 nitrogen and oxygen atoms in total. The van der Waals surface area contributed by atoms with Gasteiger partial charge in [-0.25, -0.2) is 0 Å². The smallest absolute Gasteiger partial charge is 0.278 e. The third-order valence-electron chi connectivity index (χ3n) is 4.97. The number of nitriles is 1. The van der Waals surface area contributed by atoms with Crippen LogP contribution < -0.4 is 5.56 Å². The van der Waals surface area contributed by atoms with E-state index in [4.69, 9.17) is 0 Å². The maximum atomic E-state index is 13.0. The average Bonchev–Trinajstić information content (AvgIpc) is 3.36. The van der Waals surface area contributed by atoms with Crippen LogP contribution in [0.15, 0.2) is 53.7 Å². The van der Waals surface area contributed by atoms with E-state index >= 15 is 0 Å². The molecule has 8 heteroatoms. The minimum Gasteiger partial charge on any atom is -0.394 e. The van der Waals surface area contributed by atoms with E-state index in [1.54, 1.807) is 17.1 Å². The van der Waals surface area contributed by atoms with Gasteiger partial charge in [-0.2, -0.15) is 20.0 Å². The topological polar surface area (TPSA) is 112 Å². The van der Waals surface area contributed by atoms with Gasteiger partial charge in [0.15, 0.2) is 5.65 Å². The highest BCUT2D eigenvalue weighted by atomic mass is 16.3.